The van der Waals surface area contributed by atoms with Crippen molar-refractivity contribution in [3.05, 3.63) is 22.3 Å². The van der Waals surface area contributed by atoms with Crippen LogP contribution < -0.4 is 10.6 Å². The second-order valence-electron chi connectivity index (χ2n) is 5.28. The van der Waals surface area contributed by atoms with E-state index >= 15 is 0 Å². The van der Waals surface area contributed by atoms with Crippen molar-refractivity contribution >= 4 is 27.7 Å². The lowest BCUT2D eigenvalue weighted by atomic mass is 9.98. The standard InChI is InChI=1S/C14H21BrN4O/c1-16-13-12(6-11(15)8-17-13)14(20)18-7-10-4-3-5-19(2)9-10/h6,8,10H,3-5,7,9H2,1-2H3,(H,16,17)(H,18,20). The minimum atomic E-state index is -0.0728. The molecule has 5 nitrogen and oxygen atoms in total. The van der Waals surface area contributed by atoms with Crippen molar-refractivity contribution in [3.63, 3.8) is 0 Å². The van der Waals surface area contributed by atoms with Crippen LogP contribution in [0.3, 0.4) is 0 Å². The Bertz CT molecular complexity index is 480. The number of nitrogens with one attached hydrogen (secondary N) is 2. The van der Waals surface area contributed by atoms with E-state index in [4.69, 9.17) is 0 Å². The first-order valence-electron chi connectivity index (χ1n) is 6.90. The number of amides is 1. The van der Waals surface area contributed by atoms with Crippen LogP contribution in [0.2, 0.25) is 0 Å². The van der Waals surface area contributed by atoms with Gasteiger partial charge in [-0.15, -0.1) is 0 Å². The molecule has 0 aliphatic carbocycles. The predicted molar refractivity (Wildman–Crippen MR) is 84.0 cm³/mol. The van der Waals surface area contributed by atoms with Crippen LogP contribution in [0.1, 0.15) is 23.2 Å². The number of likely N-dealkylation sites (tertiary alicyclic amines) is 1. The number of hydrogen-bond donors (Lipinski definition) is 2. The molecule has 1 aliphatic heterocycles. The normalized spacial score (nSPS) is 19.6. The molecule has 1 atom stereocenters. The highest BCUT2D eigenvalue weighted by Crippen LogP contribution is 2.18. The summed E-state index contributed by atoms with van der Waals surface area (Å²) in [5.41, 5.74) is 0.575. The quantitative estimate of drug-likeness (QED) is 0.879. The molecule has 6 heteroatoms. The van der Waals surface area contributed by atoms with E-state index in [0.29, 0.717) is 17.3 Å². The van der Waals surface area contributed by atoms with Crippen LogP contribution in [0.5, 0.6) is 0 Å². The number of halogens is 1. The maximum atomic E-state index is 12.3. The summed E-state index contributed by atoms with van der Waals surface area (Å²) in [6, 6.07) is 1.79. The molecule has 0 bridgehead atoms. The molecule has 1 unspecified atom stereocenters. The van der Waals surface area contributed by atoms with Crippen molar-refractivity contribution in [1.29, 1.82) is 0 Å². The Kier molecular flexibility index (Phi) is 5.37. The Hall–Kier alpha value is -1.14. The van der Waals surface area contributed by atoms with E-state index in [2.05, 4.69) is 43.5 Å². The lowest BCUT2D eigenvalue weighted by Crippen LogP contribution is -2.39. The molecule has 1 saturated heterocycles. The lowest BCUT2D eigenvalue weighted by molar-refractivity contribution is 0.0937. The smallest absolute Gasteiger partial charge is 0.255 e. The van der Waals surface area contributed by atoms with Gasteiger partial charge in [-0.2, -0.15) is 0 Å². The van der Waals surface area contributed by atoms with Crippen molar-refractivity contribution < 1.29 is 4.79 Å². The number of pyridine rings is 1. The van der Waals surface area contributed by atoms with Crippen LogP contribution in [0.4, 0.5) is 5.82 Å². The highest BCUT2D eigenvalue weighted by atomic mass is 79.9. The molecule has 0 radical (unpaired) electrons. The Labute approximate surface area is 128 Å². The zero-order valence-electron chi connectivity index (χ0n) is 11.9. The van der Waals surface area contributed by atoms with E-state index in [1.54, 1.807) is 19.3 Å². The third-order valence-corrected chi connectivity index (χ3v) is 4.04. The second kappa shape index (κ2) is 7.04. The van der Waals surface area contributed by atoms with Crippen LogP contribution in [0.15, 0.2) is 16.7 Å². The van der Waals surface area contributed by atoms with Gasteiger partial charge in [-0.3, -0.25) is 4.79 Å². The second-order valence-corrected chi connectivity index (χ2v) is 6.20. The van der Waals surface area contributed by atoms with Crippen molar-refractivity contribution in [2.45, 2.75) is 12.8 Å². The number of rotatable bonds is 4. The number of anilines is 1. The zero-order valence-corrected chi connectivity index (χ0v) is 13.5. The average molecular weight is 341 g/mol. The SMILES string of the molecule is CNc1ncc(Br)cc1C(=O)NCC1CCCN(C)C1. The molecule has 20 heavy (non-hydrogen) atoms. The van der Waals surface area contributed by atoms with Crippen molar-refractivity contribution in [3.8, 4) is 0 Å². The number of carbonyl (C=O) groups excluding carboxylic acids is 1. The van der Waals surface area contributed by atoms with Gasteiger partial charge in [0.1, 0.15) is 5.82 Å². The van der Waals surface area contributed by atoms with Gasteiger partial charge >= 0.3 is 0 Å². The molecular weight excluding hydrogens is 320 g/mol. The van der Waals surface area contributed by atoms with Gasteiger partial charge in [-0.1, -0.05) is 0 Å². The van der Waals surface area contributed by atoms with Gasteiger partial charge < -0.3 is 15.5 Å². The average Bonchev–Trinajstić information content (AvgIpc) is 2.45. The van der Waals surface area contributed by atoms with Crippen LogP contribution >= 0.6 is 15.9 Å². The molecule has 2 heterocycles. The van der Waals surface area contributed by atoms with Crippen LogP contribution in [0, 0.1) is 5.92 Å². The number of nitrogens with zero attached hydrogens (tertiary/aromatic N) is 2. The minimum absolute atomic E-state index is 0.0728. The maximum Gasteiger partial charge on any atom is 0.255 e. The van der Waals surface area contributed by atoms with Crippen LogP contribution in [0.25, 0.3) is 0 Å². The molecular formula is C14H21BrN4O. The fraction of sp³-hybridized carbons (Fsp3) is 0.571. The summed E-state index contributed by atoms with van der Waals surface area (Å²) in [6.07, 6.45) is 4.07. The number of aromatic nitrogens is 1. The zero-order chi connectivity index (χ0) is 14.5. The maximum absolute atomic E-state index is 12.3. The summed E-state index contributed by atoms with van der Waals surface area (Å²) in [4.78, 5) is 18.8. The molecule has 1 amide bonds. The van der Waals surface area contributed by atoms with Gasteiger partial charge in [0.2, 0.25) is 0 Å². The first-order chi connectivity index (χ1) is 9.60. The van der Waals surface area contributed by atoms with Crippen LogP contribution in [-0.2, 0) is 0 Å². The molecule has 0 saturated carbocycles. The van der Waals surface area contributed by atoms with Gasteiger partial charge in [0.25, 0.3) is 5.91 Å². The Morgan fingerprint density at radius 1 is 1.60 bits per heavy atom. The van der Waals surface area contributed by atoms with Gasteiger partial charge in [0, 0.05) is 30.8 Å². The fourth-order valence-corrected chi connectivity index (χ4v) is 2.91. The number of hydrogen-bond acceptors (Lipinski definition) is 4. The lowest BCUT2D eigenvalue weighted by Gasteiger charge is -2.29. The molecule has 1 aliphatic rings. The molecule has 2 rings (SSSR count). The van der Waals surface area contributed by atoms with Crippen molar-refractivity contribution in [1.82, 2.24) is 15.2 Å². The monoisotopic (exact) mass is 340 g/mol. The van der Waals surface area contributed by atoms with Gasteiger partial charge in [-0.05, 0) is 54.3 Å². The molecule has 0 aromatic carbocycles. The summed E-state index contributed by atoms with van der Waals surface area (Å²) in [5, 5.41) is 5.97. The fourth-order valence-electron chi connectivity index (χ4n) is 2.58. The van der Waals surface area contributed by atoms with E-state index in [-0.39, 0.29) is 5.91 Å². The van der Waals surface area contributed by atoms with E-state index < -0.39 is 0 Å². The van der Waals surface area contributed by atoms with E-state index in [1.807, 2.05) is 0 Å². The van der Waals surface area contributed by atoms with Gasteiger partial charge in [-0.25, -0.2) is 4.98 Å². The third kappa shape index (κ3) is 3.93. The molecule has 110 valence electrons. The summed E-state index contributed by atoms with van der Waals surface area (Å²) in [5.74, 6) is 1.07. The molecule has 1 fully saturated rings. The molecule has 0 spiro atoms. The van der Waals surface area contributed by atoms with E-state index in [1.165, 1.54) is 12.8 Å². The van der Waals surface area contributed by atoms with Gasteiger partial charge in [0.15, 0.2) is 0 Å². The molecule has 1 aromatic heterocycles. The first kappa shape index (κ1) is 15.3. The van der Waals surface area contributed by atoms with Crippen molar-refractivity contribution in [2.24, 2.45) is 5.92 Å². The largest absolute Gasteiger partial charge is 0.372 e. The summed E-state index contributed by atoms with van der Waals surface area (Å²) >= 11 is 3.35. The molecule has 2 N–H and O–H groups in total. The molecule has 1 aromatic rings. The predicted octanol–water partition coefficient (Wildman–Crippen LogP) is 1.96. The highest BCUT2D eigenvalue weighted by Gasteiger charge is 2.19. The first-order valence-corrected chi connectivity index (χ1v) is 7.69. The number of piperidine rings is 1. The topological polar surface area (TPSA) is 57.3 Å². The Morgan fingerprint density at radius 3 is 3.10 bits per heavy atom. The van der Waals surface area contributed by atoms with E-state index in [9.17, 15) is 4.79 Å². The van der Waals surface area contributed by atoms with Gasteiger partial charge in [0.05, 0.1) is 5.56 Å². The number of carbonyl (C=O) groups is 1. The minimum Gasteiger partial charge on any atom is -0.372 e. The summed E-state index contributed by atoms with van der Waals surface area (Å²) < 4.78 is 0.805. The van der Waals surface area contributed by atoms with Crippen molar-refractivity contribution in [2.75, 3.05) is 39.0 Å². The highest BCUT2D eigenvalue weighted by molar-refractivity contribution is 9.10. The summed E-state index contributed by atoms with van der Waals surface area (Å²) in [7, 11) is 3.90. The summed E-state index contributed by atoms with van der Waals surface area (Å²) in [6.45, 7) is 2.93. The third-order valence-electron chi connectivity index (χ3n) is 3.61. The Balaban J connectivity index is 1.96. The van der Waals surface area contributed by atoms with E-state index in [0.717, 1.165) is 24.1 Å². The van der Waals surface area contributed by atoms with Crippen LogP contribution in [-0.4, -0.2) is 49.5 Å². The Morgan fingerprint density at radius 2 is 2.40 bits per heavy atom.